The van der Waals surface area contributed by atoms with Gasteiger partial charge < -0.3 is 10.1 Å². The number of aromatic nitrogens is 2. The first-order valence-electron chi connectivity index (χ1n) is 12.7. The summed E-state index contributed by atoms with van der Waals surface area (Å²) in [7, 11) is -2.64. The van der Waals surface area contributed by atoms with Gasteiger partial charge >= 0.3 is 5.97 Å². The number of benzene rings is 1. The molecule has 1 aromatic carbocycles. The predicted molar refractivity (Wildman–Crippen MR) is 145 cm³/mol. The van der Waals surface area contributed by atoms with Gasteiger partial charge in [-0.2, -0.15) is 17.4 Å². The molecule has 0 radical (unpaired) electrons. The molecule has 3 aromatic rings. The number of ether oxygens (including phenoxy) is 1. The van der Waals surface area contributed by atoms with Crippen LogP contribution in [0.25, 0.3) is 10.8 Å². The SMILES string of the molecule is COC(=O)C(Cc1ccc(Nc2nccc3cnccc23)cc1)NS(=O)(=O)N(C(C)C)C1CCCCC1. The average Bonchev–Trinajstić information content (AvgIpc) is 2.89. The third-order valence-electron chi connectivity index (χ3n) is 6.72. The molecule has 1 aliphatic rings. The van der Waals surface area contributed by atoms with E-state index in [-0.39, 0.29) is 18.5 Å². The smallest absolute Gasteiger partial charge is 0.324 e. The summed E-state index contributed by atoms with van der Waals surface area (Å²) in [5.41, 5.74) is 1.62. The Morgan fingerprint density at radius 3 is 2.49 bits per heavy atom. The molecule has 1 unspecified atom stereocenters. The van der Waals surface area contributed by atoms with Crippen molar-refractivity contribution in [3.8, 4) is 0 Å². The Labute approximate surface area is 218 Å². The minimum absolute atomic E-state index is 0.0617. The third-order valence-corrected chi connectivity index (χ3v) is 8.58. The molecule has 1 atom stereocenters. The van der Waals surface area contributed by atoms with Crippen molar-refractivity contribution in [3.63, 3.8) is 0 Å². The first kappa shape index (κ1) is 27.0. The van der Waals surface area contributed by atoms with Crippen molar-refractivity contribution >= 4 is 38.5 Å². The highest BCUT2D eigenvalue weighted by molar-refractivity contribution is 7.87. The number of rotatable bonds is 10. The van der Waals surface area contributed by atoms with E-state index < -0.39 is 22.2 Å². The van der Waals surface area contributed by atoms with E-state index in [1.165, 1.54) is 11.4 Å². The number of anilines is 2. The molecule has 0 saturated heterocycles. The topological polar surface area (TPSA) is 114 Å². The lowest BCUT2D eigenvalue weighted by atomic mass is 9.95. The number of nitrogens with zero attached hydrogens (tertiary/aromatic N) is 3. The molecule has 0 amide bonds. The maximum Gasteiger partial charge on any atom is 0.324 e. The monoisotopic (exact) mass is 525 g/mol. The van der Waals surface area contributed by atoms with Gasteiger partial charge in [0, 0.05) is 47.1 Å². The Kier molecular flexibility index (Phi) is 8.73. The van der Waals surface area contributed by atoms with Gasteiger partial charge in [-0.3, -0.25) is 9.78 Å². The number of pyridine rings is 2. The second-order valence-electron chi connectivity index (χ2n) is 9.70. The lowest BCUT2D eigenvalue weighted by Crippen LogP contribution is -2.55. The average molecular weight is 526 g/mol. The molecular weight excluding hydrogens is 490 g/mol. The van der Waals surface area contributed by atoms with Gasteiger partial charge in [-0.25, -0.2) is 4.98 Å². The van der Waals surface area contributed by atoms with Crippen molar-refractivity contribution < 1.29 is 17.9 Å². The number of carbonyl (C=O) groups excluding carboxylic acids is 1. The number of esters is 1. The Bertz CT molecular complexity index is 1300. The standard InChI is InChI=1S/C27H35N5O4S/c1-19(2)32(23-7-5-4-6-8-23)37(34,35)31-25(27(33)36-3)17-20-9-11-22(12-10-20)30-26-24-14-15-28-18-21(24)13-16-29-26/h9-16,18-19,23,25,31H,4-8,17H2,1-3H3,(H,29,30). The van der Waals surface area contributed by atoms with E-state index in [0.29, 0.717) is 5.82 Å². The molecule has 0 bridgehead atoms. The predicted octanol–water partition coefficient (Wildman–Crippen LogP) is 4.34. The molecule has 0 aliphatic heterocycles. The lowest BCUT2D eigenvalue weighted by Gasteiger charge is -2.36. The molecule has 2 N–H and O–H groups in total. The van der Waals surface area contributed by atoms with Crippen molar-refractivity contribution in [2.45, 2.75) is 70.5 Å². The maximum absolute atomic E-state index is 13.4. The van der Waals surface area contributed by atoms with E-state index >= 15 is 0 Å². The summed E-state index contributed by atoms with van der Waals surface area (Å²) in [4.78, 5) is 21.2. The number of nitrogens with one attached hydrogen (secondary N) is 2. The van der Waals surface area contributed by atoms with Crippen molar-refractivity contribution in [3.05, 3.63) is 60.6 Å². The number of fused-ring (bicyclic) bond motifs is 1. The van der Waals surface area contributed by atoms with Crippen LogP contribution in [-0.4, -0.2) is 53.9 Å². The van der Waals surface area contributed by atoms with Gasteiger partial charge in [-0.1, -0.05) is 31.4 Å². The van der Waals surface area contributed by atoms with Crippen molar-refractivity contribution in [2.24, 2.45) is 0 Å². The van der Waals surface area contributed by atoms with Crippen LogP contribution in [0, 0.1) is 0 Å². The number of carbonyl (C=O) groups is 1. The van der Waals surface area contributed by atoms with Crippen LogP contribution in [0.1, 0.15) is 51.5 Å². The molecule has 1 aliphatic carbocycles. The molecular formula is C27H35N5O4S. The first-order valence-corrected chi connectivity index (χ1v) is 14.2. The number of hydrogen-bond acceptors (Lipinski definition) is 7. The Balaban J connectivity index is 1.49. The van der Waals surface area contributed by atoms with E-state index in [9.17, 15) is 13.2 Å². The Morgan fingerprint density at radius 2 is 1.81 bits per heavy atom. The number of hydrogen-bond donors (Lipinski definition) is 2. The highest BCUT2D eigenvalue weighted by Crippen LogP contribution is 2.27. The fourth-order valence-corrected chi connectivity index (χ4v) is 6.82. The quantitative estimate of drug-likeness (QED) is 0.379. The Hall–Kier alpha value is -3.08. The van der Waals surface area contributed by atoms with E-state index in [2.05, 4.69) is 20.0 Å². The van der Waals surface area contributed by atoms with Gasteiger partial charge in [-0.05, 0) is 62.9 Å². The molecule has 1 saturated carbocycles. The zero-order valence-corrected chi connectivity index (χ0v) is 22.4. The van der Waals surface area contributed by atoms with Gasteiger partial charge in [0.25, 0.3) is 10.2 Å². The zero-order valence-electron chi connectivity index (χ0n) is 21.6. The summed E-state index contributed by atoms with van der Waals surface area (Å²) in [5, 5.41) is 5.25. The molecule has 0 spiro atoms. The van der Waals surface area contributed by atoms with Crippen molar-refractivity contribution in [1.29, 1.82) is 0 Å². The third kappa shape index (κ3) is 6.63. The van der Waals surface area contributed by atoms with Crippen LogP contribution in [0.15, 0.2) is 55.0 Å². The van der Waals surface area contributed by atoms with Crippen molar-refractivity contribution in [1.82, 2.24) is 19.0 Å². The highest BCUT2D eigenvalue weighted by Gasteiger charge is 2.36. The minimum atomic E-state index is -3.91. The van der Waals surface area contributed by atoms with Crippen LogP contribution in [0.2, 0.25) is 0 Å². The molecule has 198 valence electrons. The molecule has 10 heteroatoms. The van der Waals surface area contributed by atoms with E-state index in [0.717, 1.165) is 54.1 Å². The summed E-state index contributed by atoms with van der Waals surface area (Å²) in [5.74, 6) is 0.0935. The van der Waals surface area contributed by atoms with Gasteiger partial charge in [0.05, 0.1) is 7.11 Å². The fourth-order valence-electron chi connectivity index (χ4n) is 5.00. The molecule has 2 heterocycles. The second kappa shape index (κ2) is 12.0. The van der Waals surface area contributed by atoms with Crippen molar-refractivity contribution in [2.75, 3.05) is 12.4 Å². The molecule has 2 aromatic heterocycles. The molecule has 1 fully saturated rings. The summed E-state index contributed by atoms with van der Waals surface area (Å²) in [6.45, 7) is 3.74. The summed E-state index contributed by atoms with van der Waals surface area (Å²) in [6.07, 6.45) is 10.2. The van der Waals surface area contributed by atoms with Crippen LogP contribution in [0.5, 0.6) is 0 Å². The van der Waals surface area contributed by atoms with Gasteiger partial charge in [-0.15, -0.1) is 0 Å². The maximum atomic E-state index is 13.4. The largest absolute Gasteiger partial charge is 0.468 e. The Morgan fingerprint density at radius 1 is 1.08 bits per heavy atom. The normalized spacial score (nSPS) is 15.7. The van der Waals surface area contributed by atoms with Crippen LogP contribution in [-0.2, 0) is 26.2 Å². The van der Waals surface area contributed by atoms with Gasteiger partial charge in [0.2, 0.25) is 0 Å². The summed E-state index contributed by atoms with van der Waals surface area (Å²) < 4.78 is 36.0. The highest BCUT2D eigenvalue weighted by atomic mass is 32.2. The summed E-state index contributed by atoms with van der Waals surface area (Å²) >= 11 is 0. The first-order chi connectivity index (χ1) is 17.8. The van der Waals surface area contributed by atoms with Gasteiger partial charge in [0.15, 0.2) is 0 Å². The fraction of sp³-hybridized carbons (Fsp3) is 0.444. The van der Waals surface area contributed by atoms with E-state index in [1.807, 2.05) is 50.2 Å². The summed E-state index contributed by atoms with van der Waals surface area (Å²) in [6, 6.07) is 9.97. The van der Waals surface area contributed by atoms with Crippen LogP contribution < -0.4 is 10.0 Å². The molecule has 37 heavy (non-hydrogen) atoms. The van der Waals surface area contributed by atoms with Crippen LogP contribution >= 0.6 is 0 Å². The van der Waals surface area contributed by atoms with Crippen LogP contribution in [0.4, 0.5) is 11.5 Å². The lowest BCUT2D eigenvalue weighted by molar-refractivity contribution is -0.142. The van der Waals surface area contributed by atoms with E-state index in [4.69, 9.17) is 4.74 Å². The van der Waals surface area contributed by atoms with Gasteiger partial charge in [0.1, 0.15) is 11.9 Å². The van der Waals surface area contributed by atoms with Crippen LogP contribution in [0.3, 0.4) is 0 Å². The molecule has 4 rings (SSSR count). The minimum Gasteiger partial charge on any atom is -0.468 e. The second-order valence-corrected chi connectivity index (χ2v) is 11.3. The molecule has 9 nitrogen and oxygen atoms in total. The number of methoxy groups -OCH3 is 1. The van der Waals surface area contributed by atoms with E-state index in [1.54, 1.807) is 18.6 Å². The zero-order chi connectivity index (χ0) is 26.4.